The van der Waals surface area contributed by atoms with Crippen LogP contribution in [-0.4, -0.2) is 30.5 Å². The van der Waals surface area contributed by atoms with Gasteiger partial charge in [0, 0.05) is 25.7 Å². The summed E-state index contributed by atoms with van der Waals surface area (Å²) in [7, 11) is 1.48. The lowest BCUT2D eigenvalue weighted by Crippen LogP contribution is -2.36. The van der Waals surface area contributed by atoms with Crippen LogP contribution in [0.3, 0.4) is 0 Å². The fourth-order valence-corrected chi connectivity index (χ4v) is 2.32. The van der Waals surface area contributed by atoms with E-state index in [9.17, 15) is 19.7 Å². The minimum Gasteiger partial charge on any atom is -0.445 e. The van der Waals surface area contributed by atoms with Gasteiger partial charge in [0.2, 0.25) is 5.91 Å². The molecule has 8 heteroatoms. The molecule has 1 atom stereocenters. The molecule has 0 fully saturated rings. The normalized spacial score (nSPS) is 11.3. The molecule has 0 bridgehead atoms. The van der Waals surface area contributed by atoms with Gasteiger partial charge < -0.3 is 15.4 Å². The second-order valence-electron chi connectivity index (χ2n) is 5.46. The zero-order valence-electron chi connectivity index (χ0n) is 14.2. The molecule has 136 valence electrons. The highest BCUT2D eigenvalue weighted by atomic mass is 16.6. The van der Waals surface area contributed by atoms with Crippen LogP contribution in [0.1, 0.15) is 17.0 Å². The summed E-state index contributed by atoms with van der Waals surface area (Å²) in [5.41, 5.74) is 1.33. The molecule has 0 aromatic heterocycles. The Labute approximate surface area is 150 Å². The van der Waals surface area contributed by atoms with Gasteiger partial charge >= 0.3 is 6.09 Å². The van der Waals surface area contributed by atoms with E-state index in [4.69, 9.17) is 4.74 Å². The molecular formula is C18H19N3O5. The van der Waals surface area contributed by atoms with Crippen LogP contribution in [0.25, 0.3) is 0 Å². The van der Waals surface area contributed by atoms with E-state index < -0.39 is 16.9 Å². The molecule has 2 aromatic rings. The first-order valence-electron chi connectivity index (χ1n) is 7.91. The molecule has 0 heterocycles. The van der Waals surface area contributed by atoms with Crippen molar-refractivity contribution in [2.75, 3.05) is 13.6 Å². The number of nitrogens with zero attached hydrogens (tertiary/aromatic N) is 1. The van der Waals surface area contributed by atoms with Crippen molar-refractivity contribution in [3.05, 3.63) is 75.8 Å². The quantitative estimate of drug-likeness (QED) is 0.584. The van der Waals surface area contributed by atoms with Gasteiger partial charge in [0.05, 0.1) is 10.8 Å². The summed E-state index contributed by atoms with van der Waals surface area (Å²) in [4.78, 5) is 34.2. The third-order valence-corrected chi connectivity index (χ3v) is 3.73. The summed E-state index contributed by atoms with van der Waals surface area (Å²) in [6.07, 6.45) is -0.648. The number of carbonyl (C=O) groups is 2. The Hall–Kier alpha value is -3.42. The Morgan fingerprint density at radius 3 is 2.35 bits per heavy atom. The second kappa shape index (κ2) is 9.16. The summed E-state index contributed by atoms with van der Waals surface area (Å²) in [5.74, 6) is -1.01. The maximum atomic E-state index is 12.1. The summed E-state index contributed by atoms with van der Waals surface area (Å²) in [5, 5.41) is 15.8. The van der Waals surface area contributed by atoms with Crippen LogP contribution in [0, 0.1) is 10.1 Å². The molecule has 2 aromatic carbocycles. The standard InChI is InChI=1S/C18H19N3O5/c1-19-17(22)16(14-7-9-15(10-8-14)21(24)25)11-20-18(23)26-12-13-5-3-2-4-6-13/h2-10,16H,11-12H2,1H3,(H,19,22)(H,20,23)/t16-/m0/s1. The number of nitro benzene ring substituents is 1. The number of nitrogens with one attached hydrogen (secondary N) is 2. The first-order chi connectivity index (χ1) is 12.5. The predicted molar refractivity (Wildman–Crippen MR) is 94.5 cm³/mol. The largest absolute Gasteiger partial charge is 0.445 e. The number of hydrogen-bond donors (Lipinski definition) is 2. The van der Waals surface area contributed by atoms with Crippen LogP contribution in [-0.2, 0) is 16.1 Å². The van der Waals surface area contributed by atoms with Gasteiger partial charge in [-0.3, -0.25) is 14.9 Å². The summed E-state index contributed by atoms with van der Waals surface area (Å²) in [6.45, 7) is 0.125. The van der Waals surface area contributed by atoms with E-state index in [-0.39, 0.29) is 24.7 Å². The molecule has 2 rings (SSSR count). The molecule has 0 saturated heterocycles. The number of likely N-dealkylation sites (N-methyl/N-ethyl adjacent to an activating group) is 1. The smallest absolute Gasteiger partial charge is 0.407 e. The number of carbonyl (C=O) groups excluding carboxylic acids is 2. The van der Waals surface area contributed by atoms with E-state index in [1.54, 1.807) is 0 Å². The van der Waals surface area contributed by atoms with Crippen molar-refractivity contribution in [2.45, 2.75) is 12.5 Å². The first kappa shape index (κ1) is 18.9. The van der Waals surface area contributed by atoms with Gasteiger partial charge in [0.15, 0.2) is 0 Å². The van der Waals surface area contributed by atoms with Gasteiger partial charge in [-0.25, -0.2) is 4.79 Å². The van der Waals surface area contributed by atoms with E-state index >= 15 is 0 Å². The minimum atomic E-state index is -0.690. The predicted octanol–water partition coefficient (Wildman–Crippen LogP) is 2.35. The number of amides is 2. The molecule has 2 amide bonds. The van der Waals surface area contributed by atoms with Gasteiger partial charge in [0.1, 0.15) is 6.61 Å². The molecule has 0 aliphatic rings. The first-order valence-corrected chi connectivity index (χ1v) is 7.91. The molecular weight excluding hydrogens is 338 g/mol. The average Bonchev–Trinajstić information content (AvgIpc) is 2.67. The van der Waals surface area contributed by atoms with Crippen molar-refractivity contribution in [1.82, 2.24) is 10.6 Å². The fourth-order valence-electron chi connectivity index (χ4n) is 2.32. The monoisotopic (exact) mass is 357 g/mol. The van der Waals surface area contributed by atoms with Gasteiger partial charge in [-0.15, -0.1) is 0 Å². The Bertz CT molecular complexity index is 762. The van der Waals surface area contributed by atoms with Crippen molar-refractivity contribution in [2.24, 2.45) is 0 Å². The number of alkyl carbamates (subject to hydrolysis) is 1. The van der Waals surface area contributed by atoms with Crippen LogP contribution in [0.5, 0.6) is 0 Å². The fraction of sp³-hybridized carbons (Fsp3) is 0.222. The molecule has 0 spiro atoms. The van der Waals surface area contributed by atoms with E-state index in [0.717, 1.165) is 5.56 Å². The van der Waals surface area contributed by atoms with Gasteiger partial charge in [-0.1, -0.05) is 42.5 Å². The summed E-state index contributed by atoms with van der Waals surface area (Å²) in [6, 6.07) is 14.8. The second-order valence-corrected chi connectivity index (χ2v) is 5.46. The lowest BCUT2D eigenvalue weighted by Gasteiger charge is -2.16. The molecule has 0 aliphatic heterocycles. The van der Waals surface area contributed by atoms with Crippen LogP contribution in [0.4, 0.5) is 10.5 Å². The maximum absolute atomic E-state index is 12.1. The SMILES string of the molecule is CNC(=O)[C@@H](CNC(=O)OCc1ccccc1)c1ccc([N+](=O)[O-])cc1. The molecule has 0 radical (unpaired) electrons. The Morgan fingerprint density at radius 2 is 1.77 bits per heavy atom. The van der Waals surface area contributed by atoms with Gasteiger partial charge in [-0.2, -0.15) is 0 Å². The number of hydrogen-bond acceptors (Lipinski definition) is 5. The van der Waals surface area contributed by atoms with Gasteiger partial charge in [-0.05, 0) is 11.1 Å². The molecule has 0 aliphatic carbocycles. The number of nitro groups is 1. The van der Waals surface area contributed by atoms with Crippen LogP contribution >= 0.6 is 0 Å². The number of rotatable bonds is 7. The third-order valence-electron chi connectivity index (χ3n) is 3.73. The zero-order chi connectivity index (χ0) is 18.9. The average molecular weight is 357 g/mol. The lowest BCUT2D eigenvalue weighted by molar-refractivity contribution is -0.384. The molecule has 0 unspecified atom stereocenters. The number of benzene rings is 2. The van der Waals surface area contributed by atoms with E-state index in [1.807, 2.05) is 30.3 Å². The van der Waals surface area contributed by atoms with E-state index in [2.05, 4.69) is 10.6 Å². The summed E-state index contributed by atoms with van der Waals surface area (Å²) < 4.78 is 5.11. The number of non-ortho nitro benzene ring substituents is 1. The molecule has 2 N–H and O–H groups in total. The van der Waals surface area contributed by atoms with Crippen molar-refractivity contribution in [3.8, 4) is 0 Å². The summed E-state index contributed by atoms with van der Waals surface area (Å²) >= 11 is 0. The van der Waals surface area contributed by atoms with Crippen LogP contribution in [0.2, 0.25) is 0 Å². The third kappa shape index (κ3) is 5.30. The van der Waals surface area contributed by atoms with Crippen molar-refractivity contribution >= 4 is 17.7 Å². The highest BCUT2D eigenvalue weighted by Crippen LogP contribution is 2.19. The van der Waals surface area contributed by atoms with E-state index in [0.29, 0.717) is 5.56 Å². The lowest BCUT2D eigenvalue weighted by atomic mass is 9.98. The van der Waals surface area contributed by atoms with Crippen molar-refractivity contribution < 1.29 is 19.2 Å². The Morgan fingerprint density at radius 1 is 1.12 bits per heavy atom. The highest BCUT2D eigenvalue weighted by Gasteiger charge is 2.21. The van der Waals surface area contributed by atoms with Crippen molar-refractivity contribution in [1.29, 1.82) is 0 Å². The van der Waals surface area contributed by atoms with Crippen LogP contribution in [0.15, 0.2) is 54.6 Å². The van der Waals surface area contributed by atoms with E-state index in [1.165, 1.54) is 31.3 Å². The van der Waals surface area contributed by atoms with Gasteiger partial charge in [0.25, 0.3) is 5.69 Å². The zero-order valence-corrected chi connectivity index (χ0v) is 14.2. The molecule has 8 nitrogen and oxygen atoms in total. The maximum Gasteiger partial charge on any atom is 0.407 e. The number of ether oxygens (including phenoxy) is 1. The topological polar surface area (TPSA) is 111 Å². The van der Waals surface area contributed by atoms with Crippen molar-refractivity contribution in [3.63, 3.8) is 0 Å². The van der Waals surface area contributed by atoms with Crippen LogP contribution < -0.4 is 10.6 Å². The minimum absolute atomic E-state index is 0.00507. The Balaban J connectivity index is 1.96. The Kier molecular flexibility index (Phi) is 6.67. The highest BCUT2D eigenvalue weighted by molar-refractivity contribution is 5.84. The molecule has 26 heavy (non-hydrogen) atoms. The molecule has 0 saturated carbocycles.